The van der Waals surface area contributed by atoms with Gasteiger partial charge in [-0.25, -0.2) is 0 Å². The average Bonchev–Trinajstić information content (AvgIpc) is 2.04. The highest BCUT2D eigenvalue weighted by Gasteiger charge is 2.25. The third kappa shape index (κ3) is 2.63. The van der Waals surface area contributed by atoms with Gasteiger partial charge in [-0.05, 0) is 19.3 Å². The summed E-state index contributed by atoms with van der Waals surface area (Å²) in [5.41, 5.74) is 5.56. The van der Waals surface area contributed by atoms with Gasteiger partial charge >= 0.3 is 0 Å². The maximum atomic E-state index is 10.4. The van der Waals surface area contributed by atoms with E-state index in [1.165, 1.54) is 0 Å². The van der Waals surface area contributed by atoms with Crippen LogP contribution >= 0.6 is 12.2 Å². The van der Waals surface area contributed by atoms with E-state index in [0.29, 0.717) is 11.5 Å². The molecule has 1 fully saturated rings. The van der Waals surface area contributed by atoms with Crippen molar-refractivity contribution in [1.82, 2.24) is 9.80 Å². The zero-order chi connectivity index (χ0) is 9.84. The summed E-state index contributed by atoms with van der Waals surface area (Å²) in [5.74, 6) is 0. The van der Waals surface area contributed by atoms with Gasteiger partial charge in [0.25, 0.3) is 0 Å². The second-order valence-electron chi connectivity index (χ2n) is 3.35. The van der Waals surface area contributed by atoms with Gasteiger partial charge in [-0.15, -0.1) is 0 Å². The van der Waals surface area contributed by atoms with E-state index in [-0.39, 0.29) is 6.04 Å². The lowest BCUT2D eigenvalue weighted by molar-refractivity contribution is -0.109. The summed E-state index contributed by atoms with van der Waals surface area (Å²) in [6.45, 7) is 2.63. The molecule has 0 amide bonds. The van der Waals surface area contributed by atoms with Crippen LogP contribution in [0.25, 0.3) is 0 Å². The van der Waals surface area contributed by atoms with Crippen LogP contribution in [0.3, 0.4) is 0 Å². The minimum atomic E-state index is 0.161. The highest BCUT2D eigenvalue weighted by molar-refractivity contribution is 7.80. The van der Waals surface area contributed by atoms with Crippen LogP contribution in [0.4, 0.5) is 0 Å². The second kappa shape index (κ2) is 4.53. The molecule has 0 saturated carbocycles. The lowest BCUT2D eigenvalue weighted by Crippen LogP contribution is -2.55. The number of rotatable bonds is 2. The number of aldehydes is 1. The smallest absolute Gasteiger partial charge is 0.166 e. The predicted octanol–water partition coefficient (Wildman–Crippen LogP) is -0.565. The Morgan fingerprint density at radius 1 is 1.69 bits per heavy atom. The molecule has 0 aliphatic carbocycles. The second-order valence-corrected chi connectivity index (χ2v) is 3.77. The van der Waals surface area contributed by atoms with Crippen molar-refractivity contribution in [2.45, 2.75) is 12.5 Å². The summed E-state index contributed by atoms with van der Waals surface area (Å²) >= 11 is 4.91. The zero-order valence-corrected chi connectivity index (χ0v) is 8.59. The third-order valence-corrected chi connectivity index (χ3v) is 2.57. The fourth-order valence-electron chi connectivity index (χ4n) is 1.61. The molecule has 1 atom stereocenters. The predicted molar refractivity (Wildman–Crippen MR) is 55.5 cm³/mol. The van der Waals surface area contributed by atoms with Gasteiger partial charge in [-0.2, -0.15) is 0 Å². The van der Waals surface area contributed by atoms with Gasteiger partial charge in [-0.3, -0.25) is 0 Å². The van der Waals surface area contributed by atoms with E-state index in [1.54, 1.807) is 0 Å². The molecular weight excluding hydrogens is 186 g/mol. The molecule has 2 N–H and O–H groups in total. The first-order valence-electron chi connectivity index (χ1n) is 4.33. The molecule has 0 aromatic rings. The first kappa shape index (κ1) is 10.4. The Balaban J connectivity index is 2.59. The molecule has 1 aliphatic heterocycles. The van der Waals surface area contributed by atoms with E-state index in [1.807, 2.05) is 11.9 Å². The van der Waals surface area contributed by atoms with Crippen molar-refractivity contribution >= 4 is 23.6 Å². The molecule has 0 spiro atoms. The first-order valence-corrected chi connectivity index (χ1v) is 4.74. The normalized spacial score (nSPS) is 24.4. The van der Waals surface area contributed by atoms with E-state index < -0.39 is 0 Å². The number of nitrogens with zero attached hydrogens (tertiary/aromatic N) is 2. The van der Waals surface area contributed by atoms with Gasteiger partial charge in [0.1, 0.15) is 6.29 Å². The number of carbonyl (C=O) groups is 1. The molecule has 1 saturated heterocycles. The zero-order valence-electron chi connectivity index (χ0n) is 7.77. The molecule has 1 unspecified atom stereocenters. The van der Waals surface area contributed by atoms with Crippen molar-refractivity contribution in [1.29, 1.82) is 0 Å². The van der Waals surface area contributed by atoms with Crippen molar-refractivity contribution < 1.29 is 4.79 Å². The summed E-state index contributed by atoms with van der Waals surface area (Å²) in [7, 11) is 2.04. The Hall–Kier alpha value is -0.680. The van der Waals surface area contributed by atoms with Crippen LogP contribution in [0.1, 0.15) is 6.42 Å². The van der Waals surface area contributed by atoms with E-state index in [2.05, 4.69) is 4.90 Å². The van der Waals surface area contributed by atoms with Crippen LogP contribution in [0.5, 0.6) is 0 Å². The maximum absolute atomic E-state index is 10.4. The van der Waals surface area contributed by atoms with Crippen molar-refractivity contribution in [2.75, 3.05) is 26.7 Å². The third-order valence-electron chi connectivity index (χ3n) is 2.34. The Morgan fingerprint density at radius 3 is 2.92 bits per heavy atom. The van der Waals surface area contributed by atoms with Crippen LogP contribution in [0, 0.1) is 0 Å². The molecule has 0 bridgehead atoms. The summed E-state index contributed by atoms with van der Waals surface area (Å²) in [5, 5.41) is 0.403. The van der Waals surface area contributed by atoms with Crippen molar-refractivity contribution in [2.24, 2.45) is 5.73 Å². The van der Waals surface area contributed by atoms with Gasteiger partial charge in [0.15, 0.2) is 5.11 Å². The lowest BCUT2D eigenvalue weighted by atomic mass is 10.1. The quantitative estimate of drug-likeness (QED) is 0.479. The van der Waals surface area contributed by atoms with Gasteiger partial charge in [0, 0.05) is 26.1 Å². The lowest BCUT2D eigenvalue weighted by Gasteiger charge is -2.39. The molecular formula is C8H15N3OS. The standard InChI is InChI=1S/C8H15N3OS/c1-10-3-4-11(8(9)13)7(6-10)2-5-12/h5,7H,2-4,6H2,1H3,(H2,9,13). The van der Waals surface area contributed by atoms with Gasteiger partial charge < -0.3 is 20.3 Å². The maximum Gasteiger partial charge on any atom is 0.166 e. The Morgan fingerprint density at radius 2 is 2.38 bits per heavy atom. The Bertz CT molecular complexity index is 210. The number of nitrogens with two attached hydrogens (primary N) is 1. The molecule has 0 radical (unpaired) electrons. The van der Waals surface area contributed by atoms with Gasteiger partial charge in [-0.1, -0.05) is 0 Å². The van der Waals surface area contributed by atoms with E-state index >= 15 is 0 Å². The summed E-state index contributed by atoms with van der Waals surface area (Å²) in [6, 6.07) is 0.161. The summed E-state index contributed by atoms with van der Waals surface area (Å²) < 4.78 is 0. The minimum absolute atomic E-state index is 0.161. The first-order chi connectivity index (χ1) is 6.15. The molecule has 4 nitrogen and oxygen atoms in total. The molecule has 0 aromatic heterocycles. The fourth-order valence-corrected chi connectivity index (χ4v) is 1.85. The van der Waals surface area contributed by atoms with Crippen LogP contribution in [0.15, 0.2) is 0 Å². The van der Waals surface area contributed by atoms with Crippen molar-refractivity contribution in [3.8, 4) is 0 Å². The Kier molecular flexibility index (Phi) is 3.62. The van der Waals surface area contributed by atoms with Crippen LogP contribution in [-0.4, -0.2) is 53.9 Å². The molecule has 0 aromatic carbocycles. The topological polar surface area (TPSA) is 49.6 Å². The number of hydrogen-bond acceptors (Lipinski definition) is 3. The SMILES string of the molecule is CN1CCN(C(N)=S)C(CC=O)C1. The monoisotopic (exact) mass is 201 g/mol. The van der Waals surface area contributed by atoms with E-state index in [9.17, 15) is 4.79 Å². The number of likely N-dealkylation sites (N-methyl/N-ethyl adjacent to an activating group) is 1. The van der Waals surface area contributed by atoms with E-state index in [4.69, 9.17) is 18.0 Å². The van der Waals surface area contributed by atoms with Crippen molar-refractivity contribution in [3.63, 3.8) is 0 Å². The van der Waals surface area contributed by atoms with Crippen molar-refractivity contribution in [3.05, 3.63) is 0 Å². The number of hydrogen-bond donors (Lipinski definition) is 1. The minimum Gasteiger partial charge on any atom is -0.376 e. The number of piperazine rings is 1. The highest BCUT2D eigenvalue weighted by atomic mass is 32.1. The van der Waals surface area contributed by atoms with Crippen LogP contribution in [-0.2, 0) is 4.79 Å². The van der Waals surface area contributed by atoms with E-state index in [0.717, 1.165) is 25.9 Å². The fraction of sp³-hybridized carbons (Fsp3) is 0.750. The highest BCUT2D eigenvalue weighted by Crippen LogP contribution is 2.10. The van der Waals surface area contributed by atoms with Crippen LogP contribution in [0.2, 0.25) is 0 Å². The molecule has 1 rings (SSSR count). The molecule has 13 heavy (non-hydrogen) atoms. The average molecular weight is 201 g/mol. The summed E-state index contributed by atoms with van der Waals surface area (Å²) in [6.07, 6.45) is 1.43. The molecule has 5 heteroatoms. The number of carbonyl (C=O) groups excluding carboxylic acids is 1. The van der Waals surface area contributed by atoms with Gasteiger partial charge in [0.05, 0.1) is 6.04 Å². The van der Waals surface area contributed by atoms with Crippen LogP contribution < -0.4 is 5.73 Å². The molecule has 1 aliphatic rings. The van der Waals surface area contributed by atoms with Gasteiger partial charge in [0.2, 0.25) is 0 Å². The summed E-state index contributed by atoms with van der Waals surface area (Å²) in [4.78, 5) is 14.5. The Labute approximate surface area is 83.7 Å². The number of thiocarbonyl (C=S) groups is 1. The largest absolute Gasteiger partial charge is 0.376 e. The molecule has 74 valence electrons. The molecule has 1 heterocycles.